The van der Waals surface area contributed by atoms with Gasteiger partial charge in [-0.2, -0.15) is 0 Å². The number of hydrogen-bond donors (Lipinski definition) is 2. The van der Waals surface area contributed by atoms with Crippen LogP contribution in [0.15, 0.2) is 42.5 Å². The minimum atomic E-state index is -0.512. The number of anilines is 1. The summed E-state index contributed by atoms with van der Waals surface area (Å²) in [4.78, 5) is 26.8. The Morgan fingerprint density at radius 2 is 1.86 bits per heavy atom. The number of benzene rings is 2. The van der Waals surface area contributed by atoms with Crippen molar-refractivity contribution in [3.63, 3.8) is 0 Å². The number of hydrogen-bond acceptors (Lipinski definition) is 4. The first-order valence-electron chi connectivity index (χ1n) is 9.54. The number of carbonyl (C=O) groups is 2. The monoisotopic (exact) mass is 401 g/mol. The van der Waals surface area contributed by atoms with E-state index >= 15 is 0 Å². The van der Waals surface area contributed by atoms with E-state index in [9.17, 15) is 14.0 Å². The van der Waals surface area contributed by atoms with E-state index in [0.717, 1.165) is 11.1 Å². The summed E-state index contributed by atoms with van der Waals surface area (Å²) in [6.45, 7) is 6.50. The van der Waals surface area contributed by atoms with E-state index < -0.39 is 6.04 Å². The van der Waals surface area contributed by atoms with E-state index in [1.165, 1.54) is 12.1 Å². The molecule has 0 saturated carbocycles. The van der Waals surface area contributed by atoms with Crippen LogP contribution in [0.3, 0.4) is 0 Å². The zero-order valence-corrected chi connectivity index (χ0v) is 17.3. The summed E-state index contributed by atoms with van der Waals surface area (Å²) in [5.41, 5.74) is 2.41. The topological polar surface area (TPSA) is 70.7 Å². The maximum atomic E-state index is 13.0. The number of ether oxygens (including phenoxy) is 1. The number of carbonyl (C=O) groups excluding carboxylic acids is 2. The van der Waals surface area contributed by atoms with Crippen LogP contribution in [0.2, 0.25) is 0 Å². The Labute approximate surface area is 171 Å². The van der Waals surface area contributed by atoms with Crippen LogP contribution in [-0.4, -0.2) is 43.0 Å². The van der Waals surface area contributed by atoms with Gasteiger partial charge in [0.25, 0.3) is 0 Å². The summed E-state index contributed by atoms with van der Waals surface area (Å²) in [7, 11) is 1.55. The van der Waals surface area contributed by atoms with Crippen LogP contribution in [-0.2, 0) is 16.1 Å². The van der Waals surface area contributed by atoms with Crippen molar-refractivity contribution in [3.05, 3.63) is 59.4 Å². The molecule has 29 heavy (non-hydrogen) atoms. The summed E-state index contributed by atoms with van der Waals surface area (Å²) in [5, 5.41) is 5.68. The predicted molar refractivity (Wildman–Crippen MR) is 111 cm³/mol. The quantitative estimate of drug-likeness (QED) is 0.677. The van der Waals surface area contributed by atoms with E-state index in [4.69, 9.17) is 4.74 Å². The van der Waals surface area contributed by atoms with Gasteiger partial charge in [0.05, 0.1) is 25.4 Å². The van der Waals surface area contributed by atoms with Gasteiger partial charge in [0.1, 0.15) is 11.6 Å². The van der Waals surface area contributed by atoms with Crippen LogP contribution in [0, 0.1) is 12.7 Å². The largest absolute Gasteiger partial charge is 0.495 e. The average molecular weight is 401 g/mol. The highest BCUT2D eigenvalue weighted by atomic mass is 19.1. The normalized spacial score (nSPS) is 11.8. The van der Waals surface area contributed by atoms with Crippen molar-refractivity contribution < 1.29 is 18.7 Å². The molecule has 6 nitrogen and oxygen atoms in total. The third kappa shape index (κ3) is 6.57. The Morgan fingerprint density at radius 1 is 1.17 bits per heavy atom. The van der Waals surface area contributed by atoms with Crippen LogP contribution < -0.4 is 15.4 Å². The first-order valence-corrected chi connectivity index (χ1v) is 9.54. The molecule has 0 saturated heterocycles. The summed E-state index contributed by atoms with van der Waals surface area (Å²) in [6, 6.07) is 11.0. The number of nitrogens with one attached hydrogen (secondary N) is 2. The number of rotatable bonds is 9. The van der Waals surface area contributed by atoms with Crippen molar-refractivity contribution in [1.29, 1.82) is 0 Å². The van der Waals surface area contributed by atoms with Gasteiger partial charge in [-0.25, -0.2) is 4.39 Å². The molecule has 156 valence electrons. The highest BCUT2D eigenvalue weighted by molar-refractivity contribution is 5.96. The summed E-state index contributed by atoms with van der Waals surface area (Å²) in [6.07, 6.45) is 0. The van der Waals surface area contributed by atoms with Crippen LogP contribution in [0.25, 0.3) is 0 Å². The van der Waals surface area contributed by atoms with E-state index in [2.05, 4.69) is 10.6 Å². The Kier molecular flexibility index (Phi) is 8.15. The van der Waals surface area contributed by atoms with Gasteiger partial charge in [-0.3, -0.25) is 14.5 Å². The minimum Gasteiger partial charge on any atom is -0.495 e. The first kappa shape index (κ1) is 22.4. The van der Waals surface area contributed by atoms with Crippen LogP contribution in [0.1, 0.15) is 25.0 Å². The zero-order valence-electron chi connectivity index (χ0n) is 17.3. The summed E-state index contributed by atoms with van der Waals surface area (Å²) in [5.74, 6) is -0.162. The molecule has 7 heteroatoms. The highest BCUT2D eigenvalue weighted by Gasteiger charge is 2.23. The molecule has 0 aliphatic carbocycles. The molecule has 0 bridgehead atoms. The molecule has 1 atom stereocenters. The molecule has 0 aliphatic rings. The molecule has 2 N–H and O–H groups in total. The number of methoxy groups -OCH3 is 1. The molecule has 2 aromatic carbocycles. The molecular weight excluding hydrogens is 373 g/mol. The average Bonchev–Trinajstić information content (AvgIpc) is 2.71. The number of amides is 2. The molecule has 2 amide bonds. The molecule has 0 aliphatic heterocycles. The molecule has 0 spiro atoms. The predicted octanol–water partition coefficient (Wildman–Crippen LogP) is 3.11. The lowest BCUT2D eigenvalue weighted by Gasteiger charge is -2.26. The van der Waals surface area contributed by atoms with E-state index in [1.807, 2.05) is 26.0 Å². The Morgan fingerprint density at radius 3 is 2.48 bits per heavy atom. The maximum Gasteiger partial charge on any atom is 0.241 e. The lowest BCUT2D eigenvalue weighted by atomic mass is 10.2. The second kappa shape index (κ2) is 10.6. The Hall–Kier alpha value is -2.93. The van der Waals surface area contributed by atoms with Crippen molar-refractivity contribution in [2.24, 2.45) is 0 Å². The van der Waals surface area contributed by atoms with Gasteiger partial charge in [-0.15, -0.1) is 0 Å². The van der Waals surface area contributed by atoms with Crippen molar-refractivity contribution in [2.75, 3.05) is 25.5 Å². The molecular formula is C22H28FN3O3. The van der Waals surface area contributed by atoms with Crippen molar-refractivity contribution >= 4 is 17.5 Å². The molecule has 0 fully saturated rings. The lowest BCUT2D eigenvalue weighted by molar-refractivity contribution is -0.125. The third-order valence-electron chi connectivity index (χ3n) is 4.70. The number of likely N-dealkylation sites (N-methyl/N-ethyl adjacent to an activating group) is 1. The SMILES string of the molecule is CCN(CC(=O)NCc1ccc(F)cc1)C(C)C(=O)Nc1cc(C)ccc1OC. The first-order chi connectivity index (χ1) is 13.8. The van der Waals surface area contributed by atoms with Crippen LogP contribution >= 0.6 is 0 Å². The van der Waals surface area contributed by atoms with Crippen molar-refractivity contribution in [1.82, 2.24) is 10.2 Å². The highest BCUT2D eigenvalue weighted by Crippen LogP contribution is 2.25. The third-order valence-corrected chi connectivity index (χ3v) is 4.70. The summed E-state index contributed by atoms with van der Waals surface area (Å²) >= 11 is 0. The van der Waals surface area contributed by atoms with E-state index in [0.29, 0.717) is 24.5 Å². The van der Waals surface area contributed by atoms with Gasteiger partial charge < -0.3 is 15.4 Å². The van der Waals surface area contributed by atoms with Gasteiger partial charge in [-0.05, 0) is 55.8 Å². The van der Waals surface area contributed by atoms with E-state index in [1.54, 1.807) is 37.1 Å². The number of halogens is 1. The maximum absolute atomic E-state index is 13.0. The van der Waals surface area contributed by atoms with Crippen LogP contribution in [0.5, 0.6) is 5.75 Å². The number of nitrogens with zero attached hydrogens (tertiary/aromatic N) is 1. The standard InChI is InChI=1S/C22H28FN3O3/c1-5-26(14-21(27)24-13-17-7-9-18(23)10-8-17)16(3)22(28)25-19-12-15(2)6-11-20(19)29-4/h6-12,16H,5,13-14H2,1-4H3,(H,24,27)(H,25,28). The fourth-order valence-corrected chi connectivity index (χ4v) is 2.89. The Balaban J connectivity index is 1.93. The van der Waals surface area contributed by atoms with Gasteiger partial charge in [-0.1, -0.05) is 25.1 Å². The number of aryl methyl sites for hydroxylation is 1. The van der Waals surface area contributed by atoms with Crippen LogP contribution in [0.4, 0.5) is 10.1 Å². The second-order valence-corrected chi connectivity index (χ2v) is 6.84. The smallest absolute Gasteiger partial charge is 0.241 e. The fraction of sp³-hybridized carbons (Fsp3) is 0.364. The van der Waals surface area contributed by atoms with Gasteiger partial charge in [0.2, 0.25) is 11.8 Å². The lowest BCUT2D eigenvalue weighted by Crippen LogP contribution is -2.46. The van der Waals surface area contributed by atoms with Gasteiger partial charge >= 0.3 is 0 Å². The van der Waals surface area contributed by atoms with Gasteiger partial charge in [0.15, 0.2) is 0 Å². The second-order valence-electron chi connectivity index (χ2n) is 6.84. The molecule has 2 aromatic rings. The van der Waals surface area contributed by atoms with Crippen molar-refractivity contribution in [2.45, 2.75) is 33.4 Å². The summed E-state index contributed by atoms with van der Waals surface area (Å²) < 4.78 is 18.3. The van der Waals surface area contributed by atoms with Crippen molar-refractivity contribution in [3.8, 4) is 5.75 Å². The fourth-order valence-electron chi connectivity index (χ4n) is 2.89. The molecule has 1 unspecified atom stereocenters. The molecule has 0 heterocycles. The molecule has 2 rings (SSSR count). The molecule has 0 radical (unpaired) electrons. The zero-order chi connectivity index (χ0) is 21.4. The van der Waals surface area contributed by atoms with Gasteiger partial charge in [0, 0.05) is 6.54 Å². The molecule has 0 aromatic heterocycles. The minimum absolute atomic E-state index is 0.0806. The van der Waals surface area contributed by atoms with E-state index in [-0.39, 0.29) is 24.2 Å². The Bertz CT molecular complexity index is 840.